The summed E-state index contributed by atoms with van der Waals surface area (Å²) in [6, 6.07) is 13.7. The Morgan fingerprint density at radius 1 is 0.576 bits per heavy atom. The third kappa shape index (κ3) is 5.52. The van der Waals surface area contributed by atoms with Gasteiger partial charge in [0.2, 0.25) is 0 Å². The molecule has 3 aromatic rings. The number of hydrogen-bond donors (Lipinski definition) is 3. The van der Waals surface area contributed by atoms with Crippen LogP contribution in [-0.2, 0) is 23.7 Å². The number of phenolic OH excluding ortho intramolecular Hbond substituents is 3. The Balaban J connectivity index is 2.14. The zero-order valence-corrected chi connectivity index (χ0v) is 21.3. The molecule has 0 unspecified atom stereocenters. The van der Waals surface area contributed by atoms with E-state index in [0.29, 0.717) is 18.6 Å². The maximum absolute atomic E-state index is 11.3. The smallest absolute Gasteiger partial charge is 0.122 e. The Kier molecular flexibility index (Phi) is 6.57. The van der Waals surface area contributed by atoms with Crippen LogP contribution in [-0.4, -0.2) is 15.3 Å². The fourth-order valence-corrected chi connectivity index (χ4v) is 4.29. The van der Waals surface area contributed by atoms with Crippen LogP contribution in [0.2, 0.25) is 0 Å². The molecule has 0 aromatic heterocycles. The third-order valence-electron chi connectivity index (χ3n) is 6.27. The van der Waals surface area contributed by atoms with Crippen molar-refractivity contribution in [3.8, 4) is 17.2 Å². The van der Waals surface area contributed by atoms with Gasteiger partial charge in [-0.1, -0.05) is 89.1 Å². The van der Waals surface area contributed by atoms with Crippen molar-refractivity contribution in [2.24, 2.45) is 0 Å². The molecule has 0 aliphatic rings. The minimum absolute atomic E-state index is 0.114. The molecule has 0 saturated heterocycles. The normalized spacial score (nSPS) is 12.2. The van der Waals surface area contributed by atoms with Crippen LogP contribution in [0.4, 0.5) is 0 Å². The average molecular weight is 447 g/mol. The van der Waals surface area contributed by atoms with Gasteiger partial charge in [0.05, 0.1) is 0 Å². The van der Waals surface area contributed by atoms with Crippen molar-refractivity contribution >= 4 is 0 Å². The van der Waals surface area contributed by atoms with Crippen LogP contribution < -0.4 is 0 Å². The topological polar surface area (TPSA) is 60.7 Å². The summed E-state index contributed by atoms with van der Waals surface area (Å²) in [7, 11) is 0. The van der Waals surface area contributed by atoms with E-state index in [-0.39, 0.29) is 22.3 Å². The van der Waals surface area contributed by atoms with Crippen LogP contribution in [0.1, 0.15) is 86.1 Å². The maximum atomic E-state index is 11.3. The first kappa shape index (κ1) is 24.7. The van der Waals surface area contributed by atoms with Crippen molar-refractivity contribution in [3.63, 3.8) is 0 Å². The van der Waals surface area contributed by atoms with Crippen LogP contribution in [0, 0.1) is 13.8 Å². The quantitative estimate of drug-likeness (QED) is 0.397. The molecular weight excluding hydrogens is 408 g/mol. The van der Waals surface area contributed by atoms with Crippen LogP contribution in [0.5, 0.6) is 17.2 Å². The Labute approximate surface area is 198 Å². The predicted molar refractivity (Wildman–Crippen MR) is 137 cm³/mol. The van der Waals surface area contributed by atoms with Gasteiger partial charge in [-0.25, -0.2) is 0 Å². The molecule has 0 heterocycles. The Morgan fingerprint density at radius 3 is 1.64 bits per heavy atom. The first-order chi connectivity index (χ1) is 15.2. The Morgan fingerprint density at radius 2 is 1.09 bits per heavy atom. The molecule has 176 valence electrons. The molecule has 0 saturated carbocycles. The van der Waals surface area contributed by atoms with E-state index in [4.69, 9.17) is 0 Å². The molecule has 0 spiro atoms. The third-order valence-corrected chi connectivity index (χ3v) is 6.27. The number of benzene rings is 3. The lowest BCUT2D eigenvalue weighted by Gasteiger charge is -2.25. The number of rotatable bonds is 4. The van der Waals surface area contributed by atoms with Crippen molar-refractivity contribution in [2.75, 3.05) is 0 Å². The van der Waals surface area contributed by atoms with E-state index in [1.165, 1.54) is 0 Å². The van der Waals surface area contributed by atoms with Gasteiger partial charge in [-0.2, -0.15) is 0 Å². The van der Waals surface area contributed by atoms with Gasteiger partial charge in [-0.15, -0.1) is 0 Å². The van der Waals surface area contributed by atoms with E-state index < -0.39 is 0 Å². The number of aryl methyl sites for hydroxylation is 2. The summed E-state index contributed by atoms with van der Waals surface area (Å²) < 4.78 is 0. The van der Waals surface area contributed by atoms with E-state index in [9.17, 15) is 15.3 Å². The zero-order valence-electron chi connectivity index (χ0n) is 21.3. The van der Waals surface area contributed by atoms with Crippen molar-refractivity contribution < 1.29 is 15.3 Å². The largest absolute Gasteiger partial charge is 0.508 e. The standard InChI is InChI=1S/C30H38O3/c1-18-9-10-26(31)20(11-18)14-22-16-24(29(3,4)5)17-23(27(22)32)15-21-12-19(2)13-25(28(21)33)30(6,7)8/h9-13,16-17,31-33H,14-15H2,1-8H3. The fourth-order valence-electron chi connectivity index (χ4n) is 4.29. The molecular formula is C30H38O3. The molecule has 3 heteroatoms. The Hall–Kier alpha value is -2.94. The molecule has 0 fully saturated rings. The van der Waals surface area contributed by atoms with E-state index in [1.807, 2.05) is 50.2 Å². The minimum atomic E-state index is -0.186. The lowest BCUT2D eigenvalue weighted by molar-refractivity contribution is 0.439. The van der Waals surface area contributed by atoms with Gasteiger partial charge in [0.1, 0.15) is 17.2 Å². The number of hydrogen-bond acceptors (Lipinski definition) is 3. The van der Waals surface area contributed by atoms with Gasteiger partial charge in [-0.3, -0.25) is 0 Å². The average Bonchev–Trinajstić information content (AvgIpc) is 2.68. The monoisotopic (exact) mass is 446 g/mol. The summed E-state index contributed by atoms with van der Waals surface area (Å²) in [5.74, 6) is 0.752. The molecule has 0 radical (unpaired) electrons. The van der Waals surface area contributed by atoms with Gasteiger partial charge < -0.3 is 15.3 Å². The van der Waals surface area contributed by atoms with Crippen molar-refractivity contribution in [3.05, 3.63) is 87.0 Å². The van der Waals surface area contributed by atoms with Gasteiger partial charge in [-0.05, 0) is 64.1 Å². The van der Waals surface area contributed by atoms with Crippen molar-refractivity contribution in [1.82, 2.24) is 0 Å². The molecule has 3 N–H and O–H groups in total. The van der Waals surface area contributed by atoms with Gasteiger partial charge in [0.25, 0.3) is 0 Å². The number of phenols is 3. The lowest BCUT2D eigenvalue weighted by atomic mass is 9.81. The van der Waals surface area contributed by atoms with Crippen LogP contribution >= 0.6 is 0 Å². The van der Waals surface area contributed by atoms with E-state index in [0.717, 1.165) is 44.5 Å². The summed E-state index contributed by atoms with van der Waals surface area (Å²) in [5.41, 5.74) is 7.03. The second-order valence-corrected chi connectivity index (χ2v) is 11.4. The minimum Gasteiger partial charge on any atom is -0.508 e. The summed E-state index contributed by atoms with van der Waals surface area (Å²) in [6.07, 6.45) is 0.864. The summed E-state index contributed by atoms with van der Waals surface area (Å²) in [5, 5.41) is 32.8. The molecule has 0 amide bonds. The highest BCUT2D eigenvalue weighted by Gasteiger charge is 2.23. The molecule has 3 rings (SSSR count). The van der Waals surface area contributed by atoms with Crippen molar-refractivity contribution in [2.45, 2.75) is 79.1 Å². The molecule has 33 heavy (non-hydrogen) atoms. The van der Waals surface area contributed by atoms with E-state index in [2.05, 4.69) is 41.5 Å². The summed E-state index contributed by atoms with van der Waals surface area (Å²) >= 11 is 0. The van der Waals surface area contributed by atoms with E-state index >= 15 is 0 Å². The second kappa shape index (κ2) is 8.78. The highest BCUT2D eigenvalue weighted by Crippen LogP contribution is 2.39. The molecule has 0 atom stereocenters. The highest BCUT2D eigenvalue weighted by molar-refractivity contribution is 5.54. The Bertz CT molecular complexity index is 1170. The summed E-state index contributed by atoms with van der Waals surface area (Å²) in [4.78, 5) is 0. The molecule has 0 bridgehead atoms. The molecule has 0 aliphatic carbocycles. The molecule has 3 aromatic carbocycles. The SMILES string of the molecule is Cc1ccc(O)c(Cc2cc(C(C)(C)C)cc(Cc3cc(C)cc(C(C)(C)C)c3O)c2O)c1. The summed E-state index contributed by atoms with van der Waals surface area (Å²) in [6.45, 7) is 16.8. The van der Waals surface area contributed by atoms with Gasteiger partial charge >= 0.3 is 0 Å². The van der Waals surface area contributed by atoms with Gasteiger partial charge in [0.15, 0.2) is 0 Å². The van der Waals surface area contributed by atoms with Gasteiger partial charge in [0, 0.05) is 12.8 Å². The molecule has 0 aliphatic heterocycles. The predicted octanol–water partition coefficient (Wildman–Crippen LogP) is 7.20. The maximum Gasteiger partial charge on any atom is 0.122 e. The fraction of sp³-hybridized carbons (Fsp3) is 0.400. The lowest BCUT2D eigenvalue weighted by Crippen LogP contribution is -2.14. The zero-order chi connectivity index (χ0) is 24.7. The molecule has 3 nitrogen and oxygen atoms in total. The van der Waals surface area contributed by atoms with E-state index in [1.54, 1.807) is 6.07 Å². The number of aromatic hydroxyl groups is 3. The first-order valence-corrected chi connectivity index (χ1v) is 11.6. The first-order valence-electron chi connectivity index (χ1n) is 11.6. The van der Waals surface area contributed by atoms with Crippen molar-refractivity contribution in [1.29, 1.82) is 0 Å². The second-order valence-electron chi connectivity index (χ2n) is 11.4. The van der Waals surface area contributed by atoms with Crippen LogP contribution in [0.25, 0.3) is 0 Å². The van der Waals surface area contributed by atoms with Crippen LogP contribution in [0.3, 0.4) is 0 Å². The highest BCUT2D eigenvalue weighted by atomic mass is 16.3. The van der Waals surface area contributed by atoms with Crippen LogP contribution in [0.15, 0.2) is 42.5 Å².